The molecule has 0 nitrogen and oxygen atoms in total. The molecule has 6 heavy (non-hydrogen) atoms. The van der Waals surface area contributed by atoms with Gasteiger partial charge >= 0.3 is 0 Å². The van der Waals surface area contributed by atoms with E-state index in [4.69, 9.17) is 0 Å². The van der Waals surface area contributed by atoms with Gasteiger partial charge in [-0.15, -0.1) is 0 Å². The van der Waals surface area contributed by atoms with Crippen LogP contribution >= 0.6 is 0 Å². The van der Waals surface area contributed by atoms with Crippen LogP contribution in [0.1, 0.15) is 0 Å². The first-order valence-corrected chi connectivity index (χ1v) is 6.16. The maximum atomic E-state index is 3.46. The number of hydrogen-bond acceptors (Lipinski definition) is 0. The summed E-state index contributed by atoms with van der Waals surface area (Å²) in [5.41, 5.74) is 0. The largest absolute Gasteiger partial charge is 0.0603 e. The summed E-state index contributed by atoms with van der Waals surface area (Å²) in [5, 5.41) is 1.44. The van der Waals surface area contributed by atoms with E-state index in [9.17, 15) is 0 Å². The Balaban J connectivity index is 2.66. The van der Waals surface area contributed by atoms with Crippen molar-refractivity contribution < 1.29 is 0 Å². The third-order valence-corrected chi connectivity index (χ3v) is 3.26. The Labute approximate surface area is 44.9 Å². The average molecular weight is 122 g/mol. The Morgan fingerprint density at radius 3 is 1.83 bits per heavy atom. The standard InChI is InChI=1S/C3H2Si3/c4-6(5)3-1-2-3/h1-2H. The van der Waals surface area contributed by atoms with Crippen molar-refractivity contribution in [2.75, 3.05) is 0 Å². The molecular formula is C3H2Si3. The van der Waals surface area contributed by atoms with E-state index in [-0.39, 0.29) is 0 Å². The van der Waals surface area contributed by atoms with E-state index in [1.165, 1.54) is 5.17 Å². The van der Waals surface area contributed by atoms with Crippen LogP contribution in [0.15, 0.2) is 12.2 Å². The van der Waals surface area contributed by atoms with E-state index >= 15 is 0 Å². The van der Waals surface area contributed by atoms with Gasteiger partial charge in [0.1, 0.15) is 0 Å². The van der Waals surface area contributed by atoms with E-state index in [1.54, 1.807) is 0 Å². The Bertz CT molecular complexity index is 110. The van der Waals surface area contributed by atoms with Crippen LogP contribution < -0.4 is 0 Å². The van der Waals surface area contributed by atoms with Crippen molar-refractivity contribution in [3.63, 3.8) is 0 Å². The predicted molar refractivity (Wildman–Crippen MR) is 31.4 cm³/mol. The molecule has 0 spiro atoms. The molecule has 0 aromatic carbocycles. The van der Waals surface area contributed by atoms with Crippen molar-refractivity contribution >= 4 is 32.1 Å². The maximum absolute atomic E-state index is 3.46. The van der Waals surface area contributed by atoms with Crippen molar-refractivity contribution in [3.8, 4) is 0 Å². The molecule has 0 atom stereocenters. The highest BCUT2D eigenvalue weighted by Gasteiger charge is 1.98. The lowest BCUT2D eigenvalue weighted by Gasteiger charge is -1.74. The highest BCUT2D eigenvalue weighted by molar-refractivity contribution is 7.33. The average Bonchev–Trinajstić information content (AvgIpc) is 2.06. The van der Waals surface area contributed by atoms with Crippen LogP contribution in [0.3, 0.4) is 0 Å². The summed E-state index contributed by atoms with van der Waals surface area (Å²) in [6.45, 7) is 0. The van der Waals surface area contributed by atoms with Crippen LogP contribution in [-0.2, 0) is 0 Å². The summed E-state index contributed by atoms with van der Waals surface area (Å²) in [6.07, 6.45) is 4.21. The topological polar surface area (TPSA) is 0 Å². The zero-order valence-corrected chi connectivity index (χ0v) is 6.15. The smallest absolute Gasteiger partial charge is 0.0328 e. The highest BCUT2D eigenvalue weighted by atomic mass is 29.5. The maximum Gasteiger partial charge on any atom is 0.0328 e. The van der Waals surface area contributed by atoms with Gasteiger partial charge in [0, 0.05) is 19.5 Å². The molecule has 0 bridgehead atoms. The second-order valence-corrected chi connectivity index (χ2v) is 6.99. The number of allylic oxidation sites excluding steroid dienone is 2. The van der Waals surface area contributed by atoms with Crippen LogP contribution in [0.4, 0.5) is 0 Å². The molecule has 0 heterocycles. The molecule has 6 radical (unpaired) electrons. The van der Waals surface area contributed by atoms with Crippen LogP contribution in [0, 0.1) is 0 Å². The minimum absolute atomic E-state index is 0.424. The van der Waals surface area contributed by atoms with Crippen molar-refractivity contribution in [1.29, 1.82) is 0 Å². The Kier molecular flexibility index (Phi) is 1.03. The molecule has 26 valence electrons. The number of hydrogen-bond donors (Lipinski definition) is 0. The van der Waals surface area contributed by atoms with Gasteiger partial charge < -0.3 is 0 Å². The molecule has 0 saturated heterocycles. The van der Waals surface area contributed by atoms with Crippen molar-refractivity contribution in [1.82, 2.24) is 0 Å². The molecule has 3 heteroatoms. The van der Waals surface area contributed by atoms with Gasteiger partial charge in [-0.1, -0.05) is 17.3 Å². The van der Waals surface area contributed by atoms with Gasteiger partial charge in [0.25, 0.3) is 0 Å². The normalized spacial score (nSPS) is 15.3. The van der Waals surface area contributed by atoms with Crippen molar-refractivity contribution in [2.45, 2.75) is 0 Å². The summed E-state index contributed by atoms with van der Waals surface area (Å²) in [5.74, 6) is 0. The zero-order chi connectivity index (χ0) is 4.57. The molecule has 0 aromatic rings. The lowest BCUT2D eigenvalue weighted by molar-refractivity contribution is 2.81. The van der Waals surface area contributed by atoms with E-state index in [1.807, 2.05) is 0 Å². The molecule has 0 fully saturated rings. The lowest BCUT2D eigenvalue weighted by Crippen LogP contribution is -2.04. The summed E-state index contributed by atoms with van der Waals surface area (Å²) in [4.78, 5) is 0. The van der Waals surface area contributed by atoms with Crippen molar-refractivity contribution in [3.05, 3.63) is 12.2 Å². The molecule has 0 aliphatic heterocycles. The van der Waals surface area contributed by atoms with Gasteiger partial charge in [0.05, 0.1) is 0 Å². The minimum atomic E-state index is -0.424. The fraction of sp³-hybridized carbons (Fsp3) is 0. The molecular weight excluding hydrogens is 120 g/mol. The van der Waals surface area contributed by atoms with Gasteiger partial charge in [-0.25, -0.2) is 0 Å². The summed E-state index contributed by atoms with van der Waals surface area (Å²) in [6, 6.07) is 0. The molecule has 0 saturated carbocycles. The lowest BCUT2D eigenvalue weighted by atomic mass is 10.9. The van der Waals surface area contributed by atoms with Crippen LogP contribution in [0.2, 0.25) is 0 Å². The van der Waals surface area contributed by atoms with E-state index < -0.39 is 7.44 Å². The SMILES string of the molecule is [Si][Si]([Si])=C1C=C1. The molecule has 1 rings (SSSR count). The van der Waals surface area contributed by atoms with E-state index in [0.717, 1.165) is 0 Å². The number of rotatable bonds is 0. The monoisotopic (exact) mass is 122 g/mol. The molecule has 0 amide bonds. The first kappa shape index (κ1) is 4.42. The van der Waals surface area contributed by atoms with Crippen molar-refractivity contribution in [2.24, 2.45) is 0 Å². The Hall–Kier alpha value is 0.261. The van der Waals surface area contributed by atoms with Gasteiger partial charge in [-0.3, -0.25) is 0 Å². The summed E-state index contributed by atoms with van der Waals surface area (Å²) in [7, 11) is 6.50. The summed E-state index contributed by atoms with van der Waals surface area (Å²) < 4.78 is 0. The fourth-order valence-corrected chi connectivity index (χ4v) is 1.63. The zero-order valence-electron chi connectivity index (χ0n) is 3.15. The Morgan fingerprint density at radius 1 is 1.33 bits per heavy atom. The second-order valence-electron chi connectivity index (χ2n) is 1.16. The van der Waals surface area contributed by atoms with Gasteiger partial charge in [-0.2, -0.15) is 0 Å². The van der Waals surface area contributed by atoms with Crippen LogP contribution in [0.5, 0.6) is 0 Å². The van der Waals surface area contributed by atoms with E-state index in [2.05, 4.69) is 31.7 Å². The third-order valence-electron chi connectivity index (χ3n) is 0.622. The van der Waals surface area contributed by atoms with Gasteiger partial charge in [0.15, 0.2) is 0 Å². The second kappa shape index (κ2) is 1.40. The van der Waals surface area contributed by atoms with Gasteiger partial charge in [-0.05, 0) is 7.44 Å². The Morgan fingerprint density at radius 2 is 1.83 bits per heavy atom. The molecule has 0 aromatic heterocycles. The molecule has 1 aliphatic carbocycles. The predicted octanol–water partition coefficient (Wildman–Crippen LogP) is -0.865. The quantitative estimate of drug-likeness (QED) is 0.367. The highest BCUT2D eigenvalue weighted by Crippen LogP contribution is 1.93. The minimum Gasteiger partial charge on any atom is -0.0603 e. The van der Waals surface area contributed by atoms with Crippen LogP contribution in [0.25, 0.3) is 0 Å². The first-order valence-electron chi connectivity index (χ1n) is 1.66. The first-order chi connectivity index (χ1) is 2.80. The third kappa shape index (κ3) is 0.859. The molecule has 0 unspecified atom stereocenters. The molecule has 1 aliphatic rings. The summed E-state index contributed by atoms with van der Waals surface area (Å²) >= 11 is 0. The fourth-order valence-electron chi connectivity index (χ4n) is 0.208. The van der Waals surface area contributed by atoms with Gasteiger partial charge in [0.2, 0.25) is 0 Å². The molecule has 0 N–H and O–H groups in total. The van der Waals surface area contributed by atoms with Crippen LogP contribution in [-0.4, -0.2) is 32.1 Å². The van der Waals surface area contributed by atoms with E-state index in [0.29, 0.717) is 0 Å².